The minimum Gasteiger partial charge on any atom is -0.317 e. The van der Waals surface area contributed by atoms with Gasteiger partial charge in [-0.25, -0.2) is 8.78 Å². The highest BCUT2D eigenvalue weighted by atomic mass is 19.3. The summed E-state index contributed by atoms with van der Waals surface area (Å²) in [6.45, 7) is 8.61. The number of hydrogen-bond acceptors (Lipinski definition) is 2. The van der Waals surface area contributed by atoms with Gasteiger partial charge in [-0.2, -0.15) is 0 Å². The van der Waals surface area contributed by atoms with E-state index in [-0.39, 0.29) is 11.8 Å². The van der Waals surface area contributed by atoms with Crippen molar-refractivity contribution >= 4 is 0 Å². The van der Waals surface area contributed by atoms with Crippen molar-refractivity contribution in [2.45, 2.75) is 64.5 Å². The molecule has 2 nitrogen and oxygen atoms in total. The second-order valence-corrected chi connectivity index (χ2v) is 6.85. The third-order valence-electron chi connectivity index (χ3n) is 4.26. The lowest BCUT2D eigenvalue weighted by Gasteiger charge is -2.51. The Hall–Kier alpha value is -0.220. The molecule has 2 aliphatic rings. The number of likely N-dealkylation sites (tertiary alicyclic amines) is 1. The summed E-state index contributed by atoms with van der Waals surface area (Å²) in [5.74, 6) is -2.54. The summed E-state index contributed by atoms with van der Waals surface area (Å²) in [7, 11) is 0. The largest absolute Gasteiger partial charge is 0.317 e. The van der Waals surface area contributed by atoms with Gasteiger partial charge in [0, 0.05) is 12.5 Å². The quantitative estimate of drug-likeness (QED) is 0.780. The van der Waals surface area contributed by atoms with Gasteiger partial charge in [0.1, 0.15) is 0 Å². The van der Waals surface area contributed by atoms with E-state index in [1.54, 1.807) is 0 Å². The summed E-state index contributed by atoms with van der Waals surface area (Å²) in [5.41, 5.74) is -0.366. The SMILES string of the molecule is CC(C)(C)C1N(C2CCNCC2)CCCC1(F)F. The van der Waals surface area contributed by atoms with Gasteiger partial charge < -0.3 is 5.32 Å². The highest BCUT2D eigenvalue weighted by molar-refractivity contribution is 4.99. The van der Waals surface area contributed by atoms with E-state index in [0.29, 0.717) is 12.5 Å². The first-order valence-corrected chi connectivity index (χ1v) is 7.17. The van der Waals surface area contributed by atoms with Gasteiger partial charge in [0.15, 0.2) is 0 Å². The fraction of sp³-hybridized carbons (Fsp3) is 1.00. The van der Waals surface area contributed by atoms with Gasteiger partial charge >= 0.3 is 0 Å². The molecule has 0 amide bonds. The van der Waals surface area contributed by atoms with Crippen LogP contribution in [0, 0.1) is 5.41 Å². The van der Waals surface area contributed by atoms with Gasteiger partial charge in [-0.3, -0.25) is 4.90 Å². The zero-order valence-electron chi connectivity index (χ0n) is 11.8. The van der Waals surface area contributed by atoms with Crippen LogP contribution in [-0.2, 0) is 0 Å². The molecule has 106 valence electrons. The molecule has 0 bridgehead atoms. The molecule has 1 unspecified atom stereocenters. The second kappa shape index (κ2) is 5.04. The molecule has 2 fully saturated rings. The zero-order chi connectivity index (χ0) is 13.4. The average molecular weight is 260 g/mol. The van der Waals surface area contributed by atoms with Crippen LogP contribution in [0.2, 0.25) is 0 Å². The third kappa shape index (κ3) is 2.85. The molecule has 1 atom stereocenters. The summed E-state index contributed by atoms with van der Waals surface area (Å²) >= 11 is 0. The molecule has 4 heteroatoms. The molecule has 0 aliphatic carbocycles. The van der Waals surface area contributed by atoms with E-state index in [4.69, 9.17) is 0 Å². The van der Waals surface area contributed by atoms with Crippen molar-refractivity contribution in [3.05, 3.63) is 0 Å². The molecule has 2 saturated heterocycles. The van der Waals surface area contributed by atoms with Gasteiger partial charge in [-0.05, 0) is 44.3 Å². The van der Waals surface area contributed by atoms with Crippen LogP contribution in [0.1, 0.15) is 46.5 Å². The van der Waals surface area contributed by atoms with E-state index in [1.165, 1.54) is 0 Å². The molecule has 2 rings (SSSR count). The molecule has 18 heavy (non-hydrogen) atoms. The highest BCUT2D eigenvalue weighted by Crippen LogP contribution is 2.43. The minimum absolute atomic E-state index is 0.0520. The van der Waals surface area contributed by atoms with E-state index in [1.807, 2.05) is 20.8 Å². The Morgan fingerprint density at radius 2 is 1.78 bits per heavy atom. The van der Waals surface area contributed by atoms with Gasteiger partial charge in [-0.1, -0.05) is 20.8 Å². The normalized spacial score (nSPS) is 31.5. The fourth-order valence-electron chi connectivity index (χ4n) is 3.67. The van der Waals surface area contributed by atoms with Crippen LogP contribution in [0.3, 0.4) is 0 Å². The molecular formula is C14H26F2N2. The first kappa shape index (κ1) is 14.2. The lowest BCUT2D eigenvalue weighted by Crippen LogP contribution is -2.62. The Morgan fingerprint density at radius 1 is 1.17 bits per heavy atom. The van der Waals surface area contributed by atoms with Crippen molar-refractivity contribution in [1.82, 2.24) is 10.2 Å². The molecule has 0 spiro atoms. The maximum Gasteiger partial charge on any atom is 0.263 e. The molecular weight excluding hydrogens is 234 g/mol. The second-order valence-electron chi connectivity index (χ2n) is 6.85. The maximum absolute atomic E-state index is 14.3. The molecule has 2 heterocycles. The van der Waals surface area contributed by atoms with Crippen LogP contribution in [0.15, 0.2) is 0 Å². The van der Waals surface area contributed by atoms with E-state index in [0.717, 1.165) is 32.5 Å². The Labute approximate surface area is 109 Å². The lowest BCUT2D eigenvalue weighted by atomic mass is 9.77. The van der Waals surface area contributed by atoms with Gasteiger partial charge in [0.25, 0.3) is 5.92 Å². The maximum atomic E-state index is 14.3. The monoisotopic (exact) mass is 260 g/mol. The predicted molar refractivity (Wildman–Crippen MR) is 70.0 cm³/mol. The van der Waals surface area contributed by atoms with Gasteiger partial charge in [0.2, 0.25) is 0 Å². The number of piperidine rings is 2. The molecule has 0 saturated carbocycles. The number of halogens is 2. The molecule has 0 aromatic carbocycles. The van der Waals surface area contributed by atoms with E-state index in [9.17, 15) is 8.78 Å². The summed E-state index contributed by atoms with van der Waals surface area (Å²) in [4.78, 5) is 2.12. The van der Waals surface area contributed by atoms with Crippen LogP contribution in [0.25, 0.3) is 0 Å². The summed E-state index contributed by atoms with van der Waals surface area (Å²) < 4.78 is 28.6. The summed E-state index contributed by atoms with van der Waals surface area (Å²) in [5, 5.41) is 3.31. The molecule has 1 N–H and O–H groups in total. The highest BCUT2D eigenvalue weighted by Gasteiger charge is 2.52. The number of alkyl halides is 2. The van der Waals surface area contributed by atoms with Gasteiger partial charge in [-0.15, -0.1) is 0 Å². The number of hydrogen-bond donors (Lipinski definition) is 1. The molecule has 0 aromatic rings. The van der Waals surface area contributed by atoms with Crippen molar-refractivity contribution in [2.24, 2.45) is 5.41 Å². The minimum atomic E-state index is -2.54. The lowest BCUT2D eigenvalue weighted by molar-refractivity contribution is -0.161. The standard InChI is InChI=1S/C14H26F2N2/c1-13(2,3)12-14(15,16)7-4-10-18(12)11-5-8-17-9-6-11/h11-12,17H,4-10H2,1-3H3. The van der Waals surface area contributed by atoms with Gasteiger partial charge in [0.05, 0.1) is 6.04 Å². The molecule has 0 radical (unpaired) electrons. The number of nitrogens with zero attached hydrogens (tertiary/aromatic N) is 1. The zero-order valence-corrected chi connectivity index (χ0v) is 11.8. The van der Waals surface area contributed by atoms with Crippen LogP contribution in [0.5, 0.6) is 0 Å². The third-order valence-corrected chi connectivity index (χ3v) is 4.26. The van der Waals surface area contributed by atoms with Crippen LogP contribution in [0.4, 0.5) is 8.78 Å². The number of rotatable bonds is 1. The summed E-state index contributed by atoms with van der Waals surface area (Å²) in [6.07, 6.45) is 2.69. The van der Waals surface area contributed by atoms with Crippen molar-refractivity contribution in [1.29, 1.82) is 0 Å². The summed E-state index contributed by atoms with van der Waals surface area (Å²) in [6, 6.07) is -0.275. The van der Waals surface area contributed by atoms with E-state index < -0.39 is 12.0 Å². The topological polar surface area (TPSA) is 15.3 Å². The van der Waals surface area contributed by atoms with Crippen LogP contribution >= 0.6 is 0 Å². The Balaban J connectivity index is 2.20. The predicted octanol–water partition coefficient (Wildman–Crippen LogP) is 2.88. The van der Waals surface area contributed by atoms with Crippen molar-refractivity contribution in [3.63, 3.8) is 0 Å². The average Bonchev–Trinajstić information content (AvgIpc) is 2.27. The van der Waals surface area contributed by atoms with E-state index >= 15 is 0 Å². The number of nitrogens with one attached hydrogen (secondary N) is 1. The molecule has 2 aliphatic heterocycles. The van der Waals surface area contributed by atoms with Crippen LogP contribution in [-0.4, -0.2) is 42.5 Å². The van der Waals surface area contributed by atoms with Crippen molar-refractivity contribution < 1.29 is 8.78 Å². The van der Waals surface area contributed by atoms with Crippen molar-refractivity contribution in [3.8, 4) is 0 Å². The smallest absolute Gasteiger partial charge is 0.263 e. The molecule has 0 aromatic heterocycles. The fourth-order valence-corrected chi connectivity index (χ4v) is 3.67. The Bertz CT molecular complexity index is 280. The van der Waals surface area contributed by atoms with Crippen LogP contribution < -0.4 is 5.32 Å². The first-order chi connectivity index (χ1) is 8.32. The Kier molecular flexibility index (Phi) is 3.98. The Morgan fingerprint density at radius 3 is 2.33 bits per heavy atom. The van der Waals surface area contributed by atoms with Crippen molar-refractivity contribution in [2.75, 3.05) is 19.6 Å². The first-order valence-electron chi connectivity index (χ1n) is 7.17. The van der Waals surface area contributed by atoms with E-state index in [2.05, 4.69) is 10.2 Å².